The minimum absolute atomic E-state index is 0.0795. The van der Waals surface area contributed by atoms with E-state index in [4.69, 9.17) is 25.8 Å². The van der Waals surface area contributed by atoms with Crippen molar-refractivity contribution in [2.45, 2.75) is 31.1 Å². The fraction of sp³-hybridized carbons (Fsp3) is 0.409. The van der Waals surface area contributed by atoms with E-state index in [0.717, 1.165) is 12.1 Å². The summed E-state index contributed by atoms with van der Waals surface area (Å²) in [6, 6.07) is 4.33. The highest BCUT2D eigenvalue weighted by Crippen LogP contribution is 2.46. The zero-order chi connectivity index (χ0) is 23.6. The Hall–Kier alpha value is -2.65. The van der Waals surface area contributed by atoms with Crippen LogP contribution >= 0.6 is 11.6 Å². The van der Waals surface area contributed by atoms with Crippen LogP contribution in [0.1, 0.15) is 35.6 Å². The number of carboxylic acid groups (broad SMARTS) is 1. The van der Waals surface area contributed by atoms with Gasteiger partial charge in [-0.25, -0.2) is 0 Å². The van der Waals surface area contributed by atoms with Crippen molar-refractivity contribution in [2.75, 3.05) is 27.9 Å². The number of methoxy groups -OCH3 is 3. The van der Waals surface area contributed by atoms with E-state index in [9.17, 15) is 23.1 Å². The number of likely N-dealkylation sites (tertiary alicyclic amines) is 1. The largest absolute Gasteiger partial charge is 0.496 e. The number of hydrogen-bond donors (Lipinski definition) is 1. The lowest BCUT2D eigenvalue weighted by atomic mass is 9.93. The molecule has 0 aromatic heterocycles. The van der Waals surface area contributed by atoms with Crippen LogP contribution in [0, 0.1) is 0 Å². The topological polar surface area (TPSA) is 68.2 Å². The average Bonchev–Trinajstić information content (AvgIpc) is 3.23. The second kappa shape index (κ2) is 9.46. The van der Waals surface area contributed by atoms with Crippen LogP contribution in [0.25, 0.3) is 0 Å². The number of alkyl halides is 3. The second-order valence-electron chi connectivity index (χ2n) is 7.32. The molecule has 0 bridgehead atoms. The third-order valence-corrected chi connectivity index (χ3v) is 5.90. The maximum Gasteiger partial charge on any atom is 0.416 e. The minimum atomic E-state index is -4.59. The molecule has 1 N–H and O–H groups in total. The Bertz CT molecular complexity index is 998. The van der Waals surface area contributed by atoms with E-state index < -0.39 is 29.8 Å². The van der Waals surface area contributed by atoms with E-state index in [1.54, 1.807) is 17.0 Å². The molecule has 1 aliphatic rings. The van der Waals surface area contributed by atoms with Gasteiger partial charge < -0.3 is 19.3 Å². The van der Waals surface area contributed by atoms with Crippen molar-refractivity contribution in [3.05, 3.63) is 52.0 Å². The number of benzene rings is 2. The summed E-state index contributed by atoms with van der Waals surface area (Å²) < 4.78 is 56.7. The van der Waals surface area contributed by atoms with E-state index in [1.165, 1.54) is 27.4 Å². The molecule has 6 nitrogen and oxygen atoms in total. The molecule has 32 heavy (non-hydrogen) atoms. The van der Waals surface area contributed by atoms with Crippen LogP contribution in [-0.4, -0.2) is 49.9 Å². The Morgan fingerprint density at radius 3 is 2.25 bits per heavy atom. The molecule has 2 atom stereocenters. The van der Waals surface area contributed by atoms with Crippen molar-refractivity contribution in [1.29, 1.82) is 0 Å². The zero-order valence-corrected chi connectivity index (χ0v) is 18.5. The van der Waals surface area contributed by atoms with Crippen LogP contribution in [-0.2, 0) is 11.0 Å². The molecule has 2 unspecified atom stereocenters. The Morgan fingerprint density at radius 1 is 1.06 bits per heavy atom. The second-order valence-corrected chi connectivity index (χ2v) is 7.73. The Balaban J connectivity index is 2.30. The molecule has 0 aliphatic carbocycles. The van der Waals surface area contributed by atoms with Crippen molar-refractivity contribution < 1.29 is 37.3 Å². The lowest BCUT2D eigenvalue weighted by Gasteiger charge is -2.34. The molecule has 0 saturated carbocycles. The fourth-order valence-corrected chi connectivity index (χ4v) is 4.31. The van der Waals surface area contributed by atoms with Crippen molar-refractivity contribution in [3.63, 3.8) is 0 Å². The summed E-state index contributed by atoms with van der Waals surface area (Å²) in [5, 5.41) is 9.84. The Labute approximate surface area is 188 Å². The highest BCUT2D eigenvalue weighted by Gasteiger charge is 2.40. The van der Waals surface area contributed by atoms with Crippen molar-refractivity contribution in [3.8, 4) is 17.2 Å². The van der Waals surface area contributed by atoms with E-state index >= 15 is 0 Å². The van der Waals surface area contributed by atoms with Crippen LogP contribution in [0.4, 0.5) is 13.2 Å². The maximum atomic E-state index is 13.5. The molecule has 174 valence electrons. The standard InChI is InChI=1S/C22H23ClF3NO5/c1-30-17-11-19(32-3)18(31-2)10-14(17)20(27-8-4-5-16(27)21(28)29)13-9-12(22(24,25)26)6-7-15(13)23/h6-7,9-11,16,20H,4-5,8H2,1-3H3,(H,28,29). The predicted molar refractivity (Wildman–Crippen MR) is 112 cm³/mol. The average molecular weight is 474 g/mol. The van der Waals surface area contributed by atoms with Gasteiger partial charge in [0.2, 0.25) is 0 Å². The molecular formula is C22H23ClF3NO5. The van der Waals surface area contributed by atoms with Crippen LogP contribution < -0.4 is 14.2 Å². The molecule has 3 rings (SSSR count). The summed E-state index contributed by atoms with van der Waals surface area (Å²) in [5.74, 6) is -0.0760. The van der Waals surface area contributed by atoms with Crippen LogP contribution in [0.15, 0.2) is 30.3 Å². The molecule has 2 aromatic carbocycles. The number of carbonyl (C=O) groups is 1. The van der Waals surface area contributed by atoms with Crippen molar-refractivity contribution in [2.24, 2.45) is 0 Å². The monoisotopic (exact) mass is 473 g/mol. The summed E-state index contributed by atoms with van der Waals surface area (Å²) in [5.41, 5.74) is -0.341. The van der Waals surface area contributed by atoms with Crippen molar-refractivity contribution in [1.82, 2.24) is 4.90 Å². The van der Waals surface area contributed by atoms with E-state index in [-0.39, 0.29) is 10.6 Å². The lowest BCUT2D eigenvalue weighted by molar-refractivity contribution is -0.143. The van der Waals surface area contributed by atoms with Gasteiger partial charge in [0.1, 0.15) is 11.8 Å². The number of rotatable bonds is 7. The molecule has 1 saturated heterocycles. The third-order valence-electron chi connectivity index (χ3n) is 5.56. The number of aliphatic carboxylic acids is 1. The molecule has 10 heteroatoms. The van der Waals surface area contributed by atoms with Gasteiger partial charge in [0.25, 0.3) is 0 Å². The number of nitrogens with zero attached hydrogens (tertiary/aromatic N) is 1. The number of halogens is 4. The molecule has 1 fully saturated rings. The van der Waals surface area contributed by atoms with Gasteiger partial charge in [-0.2, -0.15) is 13.2 Å². The SMILES string of the molecule is COc1cc(OC)c(C(c2cc(C(F)(F)F)ccc2Cl)N2CCCC2C(=O)O)cc1OC. The van der Waals surface area contributed by atoms with Crippen molar-refractivity contribution >= 4 is 17.6 Å². The van der Waals surface area contributed by atoms with E-state index in [2.05, 4.69) is 0 Å². The molecular weight excluding hydrogens is 451 g/mol. The Morgan fingerprint density at radius 2 is 1.69 bits per heavy atom. The minimum Gasteiger partial charge on any atom is -0.496 e. The first-order valence-corrected chi connectivity index (χ1v) is 10.1. The zero-order valence-electron chi connectivity index (χ0n) is 17.7. The number of ether oxygens (including phenoxy) is 3. The predicted octanol–water partition coefficient (Wildman–Crippen LogP) is 5.02. The summed E-state index contributed by atoms with van der Waals surface area (Å²) in [7, 11) is 4.28. The van der Waals surface area contributed by atoms with Crippen LogP contribution in [0.5, 0.6) is 17.2 Å². The lowest BCUT2D eigenvalue weighted by Crippen LogP contribution is -2.39. The van der Waals surface area contributed by atoms with Gasteiger partial charge in [0.15, 0.2) is 11.5 Å². The van der Waals surface area contributed by atoms with Gasteiger partial charge in [-0.1, -0.05) is 11.6 Å². The summed E-state index contributed by atoms with van der Waals surface area (Å²) in [4.78, 5) is 13.6. The van der Waals surface area contributed by atoms with E-state index in [1.807, 2.05) is 0 Å². The third kappa shape index (κ3) is 4.59. The van der Waals surface area contributed by atoms with Crippen LogP contribution in [0.2, 0.25) is 5.02 Å². The normalized spacial score (nSPS) is 17.8. The summed E-state index contributed by atoms with van der Waals surface area (Å²) >= 11 is 6.39. The molecule has 0 spiro atoms. The fourth-order valence-electron chi connectivity index (χ4n) is 4.08. The van der Waals surface area contributed by atoms with Gasteiger partial charge in [0, 0.05) is 23.2 Å². The van der Waals surface area contributed by atoms with E-state index in [0.29, 0.717) is 42.2 Å². The van der Waals surface area contributed by atoms with Gasteiger partial charge in [-0.3, -0.25) is 9.69 Å². The molecule has 1 heterocycles. The van der Waals surface area contributed by atoms with Gasteiger partial charge in [-0.15, -0.1) is 0 Å². The number of hydrogen-bond acceptors (Lipinski definition) is 5. The first-order chi connectivity index (χ1) is 15.1. The summed E-state index contributed by atoms with van der Waals surface area (Å²) in [6.07, 6.45) is -3.67. The molecule has 2 aromatic rings. The molecule has 0 radical (unpaired) electrons. The summed E-state index contributed by atoms with van der Waals surface area (Å²) in [6.45, 7) is 0.353. The van der Waals surface area contributed by atoms with Gasteiger partial charge in [0.05, 0.1) is 32.9 Å². The quantitative estimate of drug-likeness (QED) is 0.609. The van der Waals surface area contributed by atoms with Gasteiger partial charge in [-0.05, 0) is 42.7 Å². The van der Waals surface area contributed by atoms with Gasteiger partial charge >= 0.3 is 12.1 Å². The first-order valence-electron chi connectivity index (χ1n) is 9.77. The highest BCUT2D eigenvalue weighted by atomic mass is 35.5. The first kappa shape index (κ1) is 24.0. The Kier molecular flexibility index (Phi) is 7.09. The molecule has 0 amide bonds. The number of carboxylic acids is 1. The highest BCUT2D eigenvalue weighted by molar-refractivity contribution is 6.31. The smallest absolute Gasteiger partial charge is 0.416 e. The maximum absolute atomic E-state index is 13.5. The molecule has 1 aliphatic heterocycles. The van der Waals surface area contributed by atoms with Crippen LogP contribution in [0.3, 0.4) is 0 Å².